The lowest BCUT2D eigenvalue weighted by Gasteiger charge is -2.11. The van der Waals surface area contributed by atoms with Crippen molar-refractivity contribution in [2.75, 3.05) is 18.7 Å². The van der Waals surface area contributed by atoms with Crippen LogP contribution in [0.1, 0.15) is 5.69 Å². The molecule has 0 aliphatic heterocycles. The van der Waals surface area contributed by atoms with Gasteiger partial charge in [-0.2, -0.15) is 10.2 Å². The molecule has 0 radical (unpaired) electrons. The van der Waals surface area contributed by atoms with E-state index in [9.17, 15) is 8.42 Å². The van der Waals surface area contributed by atoms with Gasteiger partial charge in [0.25, 0.3) is 0 Å². The molecular weight excluding hydrogens is 404 g/mol. The summed E-state index contributed by atoms with van der Waals surface area (Å²) in [5.74, 6) is 0.540. The van der Waals surface area contributed by atoms with E-state index in [0.717, 1.165) is 11.1 Å². The lowest BCUT2D eigenvalue weighted by atomic mass is 10.1. The topological polar surface area (TPSA) is 126 Å². The van der Waals surface area contributed by atoms with Crippen molar-refractivity contribution in [2.45, 2.75) is 16.9 Å². The van der Waals surface area contributed by atoms with E-state index in [1.807, 2.05) is 0 Å². The third-order valence-corrected chi connectivity index (χ3v) is 5.83. The first-order valence-electron chi connectivity index (χ1n) is 8.30. The highest BCUT2D eigenvalue weighted by atomic mass is 35.5. The largest absolute Gasteiger partial charge is 0.365 e. The smallest absolute Gasteiger partial charge is 0.175 e. The van der Waals surface area contributed by atoms with Crippen LogP contribution in [0.25, 0.3) is 21.8 Å². The summed E-state index contributed by atoms with van der Waals surface area (Å²) in [5, 5.41) is 18.7. The van der Waals surface area contributed by atoms with E-state index < -0.39 is 15.4 Å². The van der Waals surface area contributed by atoms with Crippen LogP contribution in [0, 0.1) is 0 Å². The van der Waals surface area contributed by atoms with Gasteiger partial charge in [-0.05, 0) is 18.2 Å². The van der Waals surface area contributed by atoms with E-state index >= 15 is 0 Å². The summed E-state index contributed by atoms with van der Waals surface area (Å²) in [5.41, 5.74) is 2.27. The lowest BCUT2D eigenvalue weighted by Crippen LogP contribution is -2.08. The number of pyridine rings is 1. The third kappa shape index (κ3) is 3.41. The molecule has 0 saturated carbocycles. The number of rotatable bonds is 6. The lowest BCUT2D eigenvalue weighted by molar-refractivity contribution is 0.167. The molecule has 0 aliphatic carbocycles. The van der Waals surface area contributed by atoms with Crippen molar-refractivity contribution in [3.8, 4) is 0 Å². The average molecular weight is 421 g/mol. The first-order valence-corrected chi connectivity index (χ1v) is 10.6. The molecule has 0 saturated heterocycles. The zero-order valence-electron chi connectivity index (χ0n) is 15.0. The second-order valence-corrected chi connectivity index (χ2v) is 8.81. The Morgan fingerprint density at radius 1 is 1.21 bits per heavy atom. The van der Waals surface area contributed by atoms with E-state index in [4.69, 9.17) is 16.3 Å². The zero-order valence-corrected chi connectivity index (χ0v) is 16.6. The van der Waals surface area contributed by atoms with Gasteiger partial charge in [-0.25, -0.2) is 13.4 Å². The van der Waals surface area contributed by atoms with Crippen LogP contribution in [-0.2, 0) is 21.0 Å². The summed E-state index contributed by atoms with van der Waals surface area (Å²) in [7, 11) is -1.79. The minimum atomic E-state index is -3.33. The van der Waals surface area contributed by atoms with Crippen molar-refractivity contribution in [1.82, 2.24) is 25.4 Å². The molecule has 3 heterocycles. The third-order valence-electron chi connectivity index (χ3n) is 4.39. The molecule has 9 nitrogen and oxygen atoms in total. The van der Waals surface area contributed by atoms with E-state index in [0.29, 0.717) is 34.3 Å². The number of ether oxygens (including phenoxy) is 1. The Kier molecular flexibility index (Phi) is 4.69. The molecule has 146 valence electrons. The van der Waals surface area contributed by atoms with Crippen LogP contribution < -0.4 is 5.32 Å². The number of aromatic nitrogens is 5. The number of methoxy groups -OCH3 is 1. The van der Waals surface area contributed by atoms with E-state index in [-0.39, 0.29) is 4.90 Å². The molecule has 1 aromatic carbocycles. The number of H-pyrrole nitrogens is 2. The van der Waals surface area contributed by atoms with Crippen LogP contribution in [0.15, 0.2) is 35.5 Å². The molecular formula is C17H17ClN6O3S. The van der Waals surface area contributed by atoms with Crippen LogP contribution in [0.4, 0.5) is 11.5 Å². The van der Waals surface area contributed by atoms with Crippen LogP contribution in [0.5, 0.6) is 0 Å². The predicted octanol–water partition coefficient (Wildman–Crippen LogP) is 2.74. The van der Waals surface area contributed by atoms with Crippen molar-refractivity contribution in [2.24, 2.45) is 0 Å². The average Bonchev–Trinajstić information content (AvgIpc) is 3.30. The van der Waals surface area contributed by atoms with Gasteiger partial charge in [0.1, 0.15) is 11.1 Å². The summed E-state index contributed by atoms with van der Waals surface area (Å²) in [6.45, 7) is 0. The summed E-state index contributed by atoms with van der Waals surface area (Å²) < 4.78 is 28.9. The molecule has 0 amide bonds. The minimum absolute atomic E-state index is 0.231. The molecule has 3 aromatic heterocycles. The van der Waals surface area contributed by atoms with E-state index in [2.05, 4.69) is 30.7 Å². The van der Waals surface area contributed by atoms with Gasteiger partial charge in [-0.15, -0.1) is 0 Å². The normalized spacial score (nSPS) is 13.2. The highest BCUT2D eigenvalue weighted by molar-refractivity contribution is 7.90. The number of sulfone groups is 1. The fourth-order valence-electron chi connectivity index (χ4n) is 2.94. The number of hydrogen-bond acceptors (Lipinski definition) is 7. The molecule has 0 spiro atoms. The number of alkyl halides is 1. The Hall–Kier alpha value is -2.69. The van der Waals surface area contributed by atoms with Gasteiger partial charge < -0.3 is 10.1 Å². The van der Waals surface area contributed by atoms with Crippen molar-refractivity contribution in [3.05, 3.63) is 36.3 Å². The minimum Gasteiger partial charge on any atom is -0.365 e. The van der Waals surface area contributed by atoms with Crippen molar-refractivity contribution in [1.29, 1.82) is 0 Å². The number of anilines is 2. The van der Waals surface area contributed by atoms with Crippen LogP contribution in [0.2, 0.25) is 0 Å². The number of fused-ring (bicyclic) bond motifs is 3. The molecule has 3 N–H and O–H groups in total. The predicted molar refractivity (Wildman–Crippen MR) is 107 cm³/mol. The number of aromatic amines is 2. The van der Waals surface area contributed by atoms with Gasteiger partial charge in [0.15, 0.2) is 15.7 Å². The maximum atomic E-state index is 11.9. The number of nitrogens with zero attached hydrogens (tertiary/aromatic N) is 3. The SMILES string of the molecule is COC(Cl)Cc1[nH]ncc1Nc1nc2ccc(S(C)(=O)=O)cc2c2cn[nH]c12. The second kappa shape index (κ2) is 7.04. The van der Waals surface area contributed by atoms with Crippen molar-refractivity contribution >= 4 is 54.7 Å². The van der Waals surface area contributed by atoms with Crippen molar-refractivity contribution < 1.29 is 13.2 Å². The highest BCUT2D eigenvalue weighted by Crippen LogP contribution is 2.31. The summed E-state index contributed by atoms with van der Waals surface area (Å²) in [6.07, 6.45) is 4.88. The van der Waals surface area contributed by atoms with Gasteiger partial charge >= 0.3 is 0 Å². The van der Waals surface area contributed by atoms with Crippen molar-refractivity contribution in [3.63, 3.8) is 0 Å². The molecule has 0 fully saturated rings. The summed E-state index contributed by atoms with van der Waals surface area (Å²) in [6, 6.07) is 4.83. The first-order chi connectivity index (χ1) is 13.4. The Morgan fingerprint density at radius 3 is 2.75 bits per heavy atom. The fraction of sp³-hybridized carbons (Fsp3) is 0.235. The Morgan fingerprint density at radius 2 is 2.00 bits per heavy atom. The maximum absolute atomic E-state index is 11.9. The number of halogens is 1. The molecule has 0 bridgehead atoms. The molecule has 4 rings (SSSR count). The van der Waals surface area contributed by atoms with Gasteiger partial charge in [0.05, 0.1) is 34.2 Å². The van der Waals surface area contributed by atoms with Gasteiger partial charge in [0.2, 0.25) is 0 Å². The van der Waals surface area contributed by atoms with E-state index in [1.165, 1.54) is 13.4 Å². The number of benzene rings is 1. The standard InChI is InChI=1S/C17H17ClN6O3S/c1-27-15(18)6-13-14(8-20-23-13)22-17-16-11(7-19-24-16)10-5-9(28(2,25)26)3-4-12(10)21-17/h3-5,7-8,15H,6H2,1-2H3,(H,19,24)(H,20,23)(H,21,22). The van der Waals surface area contributed by atoms with Gasteiger partial charge in [-0.1, -0.05) is 11.6 Å². The fourth-order valence-corrected chi connectivity index (χ4v) is 3.75. The van der Waals surface area contributed by atoms with E-state index in [1.54, 1.807) is 30.6 Å². The van der Waals surface area contributed by atoms with Crippen LogP contribution >= 0.6 is 11.6 Å². The molecule has 4 aromatic rings. The molecule has 0 aliphatic rings. The molecule has 1 atom stereocenters. The van der Waals surface area contributed by atoms with Gasteiger partial charge in [-0.3, -0.25) is 10.2 Å². The maximum Gasteiger partial charge on any atom is 0.175 e. The molecule has 1 unspecified atom stereocenters. The quantitative estimate of drug-likeness (QED) is 0.409. The Bertz CT molecular complexity index is 1270. The Balaban J connectivity index is 1.81. The van der Waals surface area contributed by atoms with Gasteiger partial charge in [0, 0.05) is 30.6 Å². The summed E-state index contributed by atoms with van der Waals surface area (Å²) >= 11 is 6.06. The Labute approximate surface area is 165 Å². The first kappa shape index (κ1) is 18.7. The molecule has 11 heteroatoms. The zero-order chi connectivity index (χ0) is 19.9. The van der Waals surface area contributed by atoms with Crippen LogP contribution in [-0.4, -0.2) is 52.7 Å². The monoisotopic (exact) mass is 420 g/mol. The summed E-state index contributed by atoms with van der Waals surface area (Å²) in [4.78, 5) is 4.86. The van der Waals surface area contributed by atoms with Crippen LogP contribution in [0.3, 0.4) is 0 Å². The molecule has 28 heavy (non-hydrogen) atoms. The highest BCUT2D eigenvalue weighted by Gasteiger charge is 2.16. The number of nitrogens with one attached hydrogen (secondary N) is 3. The number of hydrogen-bond donors (Lipinski definition) is 3. The second-order valence-electron chi connectivity index (χ2n) is 6.31.